The topological polar surface area (TPSA) is 34.1 Å². The molecule has 6 heavy (non-hydrogen) atoms. The molecule has 0 saturated heterocycles. The van der Waals surface area contributed by atoms with Crippen molar-refractivity contribution in [3.63, 3.8) is 0 Å². The van der Waals surface area contributed by atoms with E-state index in [1.165, 1.54) is 0 Å². The first-order valence-electron chi connectivity index (χ1n) is 1.56. The quantitative estimate of drug-likeness (QED) is 0.536. The number of rotatable bonds is 1. The van der Waals surface area contributed by atoms with Crippen LogP contribution in [-0.2, 0) is 7.02 Å². The van der Waals surface area contributed by atoms with Gasteiger partial charge in [-0.15, -0.1) is 0 Å². The third-order valence-corrected chi connectivity index (χ3v) is 4.06. The van der Waals surface area contributed by atoms with Crippen LogP contribution >= 0.6 is 0 Å². The predicted octanol–water partition coefficient (Wildman–Crippen LogP) is -0.763. The van der Waals surface area contributed by atoms with E-state index in [9.17, 15) is 8.42 Å². The Kier molecular flexibility index (Phi) is 2.43. The van der Waals surface area contributed by atoms with Crippen LogP contribution in [0.15, 0.2) is 0 Å². The fourth-order valence-electron chi connectivity index (χ4n) is 0. The van der Waals surface area contributed by atoms with Crippen LogP contribution in [0.5, 0.6) is 0 Å². The Hall–Kier alpha value is 0.749. The van der Waals surface area contributed by atoms with Gasteiger partial charge in [0.25, 0.3) is 0 Å². The van der Waals surface area contributed by atoms with Crippen molar-refractivity contribution in [2.24, 2.45) is 0 Å². The summed E-state index contributed by atoms with van der Waals surface area (Å²) in [7, 11) is -2.53. The Labute approximate surface area is 49.4 Å². The Morgan fingerprint density at radius 1 is 1.67 bits per heavy atom. The molecule has 0 aliphatic heterocycles. The average Bonchev–Trinajstić information content (AvgIpc) is 1.35. The van der Waals surface area contributed by atoms with E-state index >= 15 is 0 Å². The van der Waals surface area contributed by atoms with Crippen molar-refractivity contribution < 1.29 is 8.42 Å². The molecule has 0 amide bonds. The molecule has 0 bridgehead atoms. The zero-order chi connectivity index (χ0) is 5.21. The van der Waals surface area contributed by atoms with Crippen LogP contribution in [-0.4, -0.2) is 35.3 Å². The van der Waals surface area contributed by atoms with Gasteiger partial charge >= 0.3 is 49.3 Å². The second kappa shape index (κ2) is 2.16. The average molecular weight is 213 g/mol. The van der Waals surface area contributed by atoms with Gasteiger partial charge in [0.2, 0.25) is 0 Å². The zero-order valence-electron chi connectivity index (χ0n) is 3.51. The summed E-state index contributed by atoms with van der Waals surface area (Å²) in [6.07, 6.45) is 0. The molecule has 0 aliphatic carbocycles. The van der Waals surface area contributed by atoms with E-state index in [1.807, 2.05) is 0 Å². The fourth-order valence-corrected chi connectivity index (χ4v) is 0. The van der Waals surface area contributed by atoms with Gasteiger partial charge in [-0.2, -0.15) is 0 Å². The molecule has 0 fully saturated rings. The van der Waals surface area contributed by atoms with Gasteiger partial charge < -0.3 is 0 Å². The van der Waals surface area contributed by atoms with E-state index in [4.69, 9.17) is 0 Å². The third-order valence-electron chi connectivity index (χ3n) is 0.402. The molecule has 0 aromatic carbocycles. The van der Waals surface area contributed by atoms with E-state index in [0.29, 0.717) is 26.9 Å². The summed E-state index contributed by atoms with van der Waals surface area (Å²) in [6, 6.07) is 0. The van der Waals surface area contributed by atoms with Crippen LogP contribution in [0.25, 0.3) is 0 Å². The molecule has 0 spiro atoms. The first kappa shape index (κ1) is 6.75. The number of hydrogen-bond acceptors (Lipinski definition) is 2. The first-order valence-corrected chi connectivity index (χ1v) is 7.32. The van der Waals surface area contributed by atoms with E-state index in [-0.39, 0.29) is 0 Å². The van der Waals surface area contributed by atoms with E-state index in [0.717, 1.165) is 0 Å². The van der Waals surface area contributed by atoms with Gasteiger partial charge in [0, 0.05) is 0 Å². The molecular formula is C2H6O2SSn. The molecule has 36 valence electrons. The maximum atomic E-state index is 10.1. The Balaban J connectivity index is 3.85. The van der Waals surface area contributed by atoms with E-state index in [1.54, 1.807) is 6.92 Å². The summed E-state index contributed by atoms with van der Waals surface area (Å²) in [5.74, 6) is 0.301. The van der Waals surface area contributed by atoms with Crippen LogP contribution in [0.2, 0.25) is 0 Å². The van der Waals surface area contributed by atoms with Crippen molar-refractivity contribution >= 4 is 28.2 Å². The van der Waals surface area contributed by atoms with Gasteiger partial charge in [-0.05, 0) is 0 Å². The third kappa shape index (κ3) is 4.75. The summed E-state index contributed by atoms with van der Waals surface area (Å²) in [6.45, 7) is 1.65. The Morgan fingerprint density at radius 2 is 1.83 bits per heavy atom. The van der Waals surface area contributed by atoms with Crippen molar-refractivity contribution in [2.45, 2.75) is 6.92 Å². The summed E-state index contributed by atoms with van der Waals surface area (Å²) < 4.78 is 20.1. The molecule has 2 radical (unpaired) electrons. The SMILES string of the molecule is CC[S](=O)(=O)[SnH]. The monoisotopic (exact) mass is 214 g/mol. The van der Waals surface area contributed by atoms with Gasteiger partial charge in [0.15, 0.2) is 0 Å². The van der Waals surface area contributed by atoms with Crippen LogP contribution in [0, 0.1) is 0 Å². The normalized spacial score (nSPS) is 11.7. The summed E-state index contributed by atoms with van der Waals surface area (Å²) in [5.41, 5.74) is 0. The van der Waals surface area contributed by atoms with Crippen molar-refractivity contribution in [1.29, 1.82) is 0 Å². The van der Waals surface area contributed by atoms with Crippen LogP contribution < -0.4 is 0 Å². The second-order valence-corrected chi connectivity index (χ2v) is 9.00. The zero-order valence-corrected chi connectivity index (χ0v) is 7.62. The molecule has 0 unspecified atom stereocenters. The molecular weight excluding hydrogens is 207 g/mol. The van der Waals surface area contributed by atoms with E-state index in [2.05, 4.69) is 0 Å². The van der Waals surface area contributed by atoms with Gasteiger partial charge in [-0.25, -0.2) is 0 Å². The number of hydrogen-bond donors (Lipinski definition) is 0. The van der Waals surface area contributed by atoms with Crippen LogP contribution in [0.3, 0.4) is 0 Å². The summed E-state index contributed by atoms with van der Waals surface area (Å²) in [4.78, 5) is 0. The molecule has 0 rings (SSSR count). The standard InChI is InChI=1S/C2H5O2S.Sn.H/c1-2-5(3)4;;/h2H2,1H3;;. The fraction of sp³-hybridized carbons (Fsp3) is 1.00. The summed E-state index contributed by atoms with van der Waals surface area (Å²) in [5, 5.41) is 0. The predicted molar refractivity (Wildman–Crippen MR) is 26.6 cm³/mol. The Morgan fingerprint density at radius 3 is 1.83 bits per heavy atom. The molecule has 0 aromatic rings. The maximum absolute atomic E-state index is 10.1. The minimum atomic E-state index is -2.53. The molecule has 0 N–H and O–H groups in total. The molecule has 0 aromatic heterocycles. The first-order chi connectivity index (χ1) is 2.56. The van der Waals surface area contributed by atoms with Gasteiger partial charge in [-0.3, -0.25) is 0 Å². The van der Waals surface area contributed by atoms with Crippen molar-refractivity contribution in [3.8, 4) is 0 Å². The van der Waals surface area contributed by atoms with Crippen molar-refractivity contribution in [2.75, 3.05) is 5.75 Å². The van der Waals surface area contributed by atoms with E-state index < -0.39 is 7.02 Å². The van der Waals surface area contributed by atoms with Crippen molar-refractivity contribution in [3.05, 3.63) is 0 Å². The van der Waals surface area contributed by atoms with Gasteiger partial charge in [0.05, 0.1) is 0 Å². The minimum absolute atomic E-state index is 0.301. The molecule has 0 saturated carbocycles. The molecule has 2 nitrogen and oxygen atoms in total. The Bertz CT molecular complexity index is 114. The molecule has 0 aliphatic rings. The second-order valence-electron chi connectivity index (χ2n) is 0.952. The molecule has 0 atom stereocenters. The van der Waals surface area contributed by atoms with Crippen LogP contribution in [0.1, 0.15) is 6.92 Å². The molecule has 4 heteroatoms. The molecule has 0 heterocycles. The van der Waals surface area contributed by atoms with Gasteiger partial charge in [0.1, 0.15) is 0 Å². The van der Waals surface area contributed by atoms with Gasteiger partial charge in [-0.1, -0.05) is 0 Å². The van der Waals surface area contributed by atoms with Crippen LogP contribution in [0.4, 0.5) is 0 Å². The van der Waals surface area contributed by atoms with Crippen molar-refractivity contribution in [1.82, 2.24) is 0 Å². The summed E-state index contributed by atoms with van der Waals surface area (Å²) >= 11 is 0.359.